The molecule has 1 aromatic rings. The minimum atomic E-state index is -0.508. The number of benzene rings is 1. The van der Waals surface area contributed by atoms with Crippen LogP contribution in [0.4, 0.5) is 5.69 Å². The molecule has 0 saturated heterocycles. The number of hydrogen-bond donors (Lipinski definition) is 0. The van der Waals surface area contributed by atoms with Gasteiger partial charge in [0, 0.05) is 0 Å². The average Bonchev–Trinajstić information content (AvgIpc) is 1.82. The lowest BCUT2D eigenvalue weighted by molar-refractivity contribution is -0.385. The van der Waals surface area contributed by atoms with E-state index < -0.39 is 4.92 Å². The van der Waals surface area contributed by atoms with E-state index >= 15 is 0 Å². The van der Waals surface area contributed by atoms with Crippen molar-refractivity contribution in [3.8, 4) is 0 Å². The molecule has 0 aromatic heterocycles. The zero-order chi connectivity index (χ0) is 9.30. The zero-order valence-electron chi connectivity index (χ0n) is 6.17. The van der Waals surface area contributed by atoms with Crippen LogP contribution in [0.3, 0.4) is 0 Å². The average molecular weight is 250 g/mol. The molecule has 0 radical (unpaired) electrons. The van der Waals surface area contributed by atoms with Crippen molar-refractivity contribution in [3.63, 3.8) is 0 Å². The number of nitrogens with zero attached hydrogens (tertiary/aromatic N) is 1. The van der Waals surface area contributed by atoms with E-state index in [0.717, 1.165) is 5.56 Å². The highest BCUT2D eigenvalue weighted by Gasteiger charge is 2.16. The van der Waals surface area contributed by atoms with Crippen LogP contribution in [-0.4, -0.2) is 4.92 Å². The van der Waals surface area contributed by atoms with E-state index in [1.165, 1.54) is 0 Å². The molecule has 0 aliphatic carbocycles. The Bertz CT molecular complexity index is 317. The first-order chi connectivity index (χ1) is 5.52. The van der Waals surface area contributed by atoms with Crippen molar-refractivity contribution in [3.05, 3.63) is 37.3 Å². The summed E-state index contributed by atoms with van der Waals surface area (Å²) in [6.07, 6.45) is 0. The summed E-state index contributed by atoms with van der Waals surface area (Å²) >= 11 is 8.73. The molecule has 3 nitrogen and oxygen atoms in total. The molecule has 0 amide bonds. The van der Waals surface area contributed by atoms with Crippen molar-refractivity contribution in [2.75, 3.05) is 0 Å². The van der Waals surface area contributed by atoms with Gasteiger partial charge in [-0.3, -0.25) is 10.1 Å². The number of nitro groups is 1. The van der Waals surface area contributed by atoms with E-state index in [-0.39, 0.29) is 10.7 Å². The highest BCUT2D eigenvalue weighted by molar-refractivity contribution is 9.10. The van der Waals surface area contributed by atoms with Gasteiger partial charge in [0.2, 0.25) is 0 Å². The van der Waals surface area contributed by atoms with E-state index in [2.05, 4.69) is 15.9 Å². The van der Waals surface area contributed by atoms with Crippen LogP contribution in [0.25, 0.3) is 0 Å². The minimum Gasteiger partial charge on any atom is -0.258 e. The van der Waals surface area contributed by atoms with E-state index in [9.17, 15) is 10.1 Å². The Morgan fingerprint density at radius 3 is 2.58 bits per heavy atom. The van der Waals surface area contributed by atoms with Crippen LogP contribution in [0.15, 0.2) is 16.6 Å². The van der Waals surface area contributed by atoms with Gasteiger partial charge in [-0.05, 0) is 40.5 Å². The summed E-state index contributed by atoms with van der Waals surface area (Å²) in [5.74, 6) is 0. The largest absolute Gasteiger partial charge is 0.301 e. The Hall–Kier alpha value is -0.610. The van der Waals surface area contributed by atoms with Crippen molar-refractivity contribution in [1.29, 1.82) is 0 Å². The van der Waals surface area contributed by atoms with Gasteiger partial charge in [-0.2, -0.15) is 0 Å². The normalized spacial score (nSPS) is 9.92. The maximum absolute atomic E-state index is 10.4. The third-order valence-electron chi connectivity index (χ3n) is 1.34. The van der Waals surface area contributed by atoms with Gasteiger partial charge in [0.15, 0.2) is 0 Å². The first-order valence-electron chi connectivity index (χ1n) is 3.12. The molecule has 0 atom stereocenters. The standard InChI is InChI=1S/C7H5BrClNO2/c1-4-2-5(8)7(10(11)12)6(9)3-4/h2-3H,1H3. The molecule has 0 unspecified atom stereocenters. The summed E-state index contributed by atoms with van der Waals surface area (Å²) in [6.45, 7) is 1.82. The van der Waals surface area contributed by atoms with Crippen LogP contribution in [-0.2, 0) is 0 Å². The maximum Gasteiger partial charge on any atom is 0.301 e. The maximum atomic E-state index is 10.4. The highest BCUT2D eigenvalue weighted by atomic mass is 79.9. The Balaban J connectivity index is 3.38. The van der Waals surface area contributed by atoms with Gasteiger partial charge in [0.05, 0.1) is 9.40 Å². The van der Waals surface area contributed by atoms with Crippen molar-refractivity contribution in [2.24, 2.45) is 0 Å². The fraction of sp³-hybridized carbons (Fsp3) is 0.143. The van der Waals surface area contributed by atoms with Crippen LogP contribution in [0.2, 0.25) is 5.02 Å². The summed E-state index contributed by atoms with van der Waals surface area (Å²) in [5, 5.41) is 10.6. The minimum absolute atomic E-state index is 0.0812. The lowest BCUT2D eigenvalue weighted by atomic mass is 10.2. The van der Waals surface area contributed by atoms with Gasteiger partial charge in [-0.1, -0.05) is 11.6 Å². The third kappa shape index (κ3) is 1.76. The summed E-state index contributed by atoms with van der Waals surface area (Å²) in [7, 11) is 0. The SMILES string of the molecule is Cc1cc(Cl)c([N+](=O)[O-])c(Br)c1. The molecule has 5 heteroatoms. The second kappa shape index (κ2) is 3.41. The van der Waals surface area contributed by atoms with Crippen LogP contribution in [0.1, 0.15) is 5.56 Å². The molecular weight excluding hydrogens is 245 g/mol. The van der Waals surface area contributed by atoms with Crippen LogP contribution >= 0.6 is 27.5 Å². The van der Waals surface area contributed by atoms with Crippen molar-refractivity contribution in [2.45, 2.75) is 6.92 Å². The van der Waals surface area contributed by atoms with Crippen molar-refractivity contribution >= 4 is 33.2 Å². The van der Waals surface area contributed by atoms with Crippen LogP contribution < -0.4 is 0 Å². The number of hydrogen-bond acceptors (Lipinski definition) is 2. The van der Waals surface area contributed by atoms with E-state index in [1.54, 1.807) is 12.1 Å². The molecule has 64 valence electrons. The second-order valence-electron chi connectivity index (χ2n) is 2.33. The van der Waals surface area contributed by atoms with Gasteiger partial charge in [-0.25, -0.2) is 0 Å². The fourth-order valence-electron chi connectivity index (χ4n) is 0.867. The molecule has 1 aromatic carbocycles. The Morgan fingerprint density at radius 2 is 2.17 bits per heavy atom. The molecule has 0 aliphatic heterocycles. The molecule has 0 N–H and O–H groups in total. The monoisotopic (exact) mass is 249 g/mol. The van der Waals surface area contributed by atoms with Gasteiger partial charge in [0.25, 0.3) is 0 Å². The van der Waals surface area contributed by atoms with Gasteiger partial charge >= 0.3 is 5.69 Å². The van der Waals surface area contributed by atoms with E-state index in [4.69, 9.17) is 11.6 Å². The second-order valence-corrected chi connectivity index (χ2v) is 3.60. The predicted molar refractivity (Wildman–Crippen MR) is 50.5 cm³/mol. The molecule has 0 bridgehead atoms. The summed E-state index contributed by atoms with van der Waals surface area (Å²) in [4.78, 5) is 9.94. The Labute approximate surface area is 82.6 Å². The molecular formula is C7H5BrClNO2. The van der Waals surface area contributed by atoms with Crippen molar-refractivity contribution in [1.82, 2.24) is 0 Å². The molecule has 0 heterocycles. The summed E-state index contributed by atoms with van der Waals surface area (Å²) < 4.78 is 0.414. The first kappa shape index (κ1) is 9.48. The van der Waals surface area contributed by atoms with Gasteiger partial charge < -0.3 is 0 Å². The summed E-state index contributed by atoms with van der Waals surface area (Å²) in [5.41, 5.74) is 0.805. The number of nitro benzene ring substituents is 1. The Kier molecular flexibility index (Phi) is 2.69. The predicted octanol–water partition coefficient (Wildman–Crippen LogP) is 3.32. The highest BCUT2D eigenvalue weighted by Crippen LogP contribution is 2.33. The molecule has 0 saturated carbocycles. The van der Waals surface area contributed by atoms with Crippen LogP contribution in [0.5, 0.6) is 0 Å². The lowest BCUT2D eigenvalue weighted by Gasteiger charge is -1.99. The lowest BCUT2D eigenvalue weighted by Crippen LogP contribution is -1.91. The van der Waals surface area contributed by atoms with E-state index in [1.807, 2.05) is 6.92 Å². The first-order valence-corrected chi connectivity index (χ1v) is 4.29. The van der Waals surface area contributed by atoms with Crippen molar-refractivity contribution < 1.29 is 4.92 Å². The van der Waals surface area contributed by atoms with Gasteiger partial charge in [0.1, 0.15) is 5.02 Å². The zero-order valence-corrected chi connectivity index (χ0v) is 8.52. The topological polar surface area (TPSA) is 43.1 Å². The third-order valence-corrected chi connectivity index (χ3v) is 2.24. The number of rotatable bonds is 1. The van der Waals surface area contributed by atoms with Crippen LogP contribution in [0, 0.1) is 17.0 Å². The Morgan fingerprint density at radius 1 is 1.58 bits per heavy atom. The molecule has 12 heavy (non-hydrogen) atoms. The smallest absolute Gasteiger partial charge is 0.258 e. The van der Waals surface area contributed by atoms with Gasteiger partial charge in [-0.15, -0.1) is 0 Å². The molecule has 0 aliphatic rings. The fourth-order valence-corrected chi connectivity index (χ4v) is 2.04. The molecule has 0 spiro atoms. The summed E-state index contributed by atoms with van der Waals surface area (Å²) in [6, 6.07) is 3.22. The quantitative estimate of drug-likeness (QED) is 0.567. The number of aryl methyl sites for hydroxylation is 1. The molecule has 0 fully saturated rings. The van der Waals surface area contributed by atoms with E-state index in [0.29, 0.717) is 4.47 Å². The number of halogens is 2. The molecule has 1 rings (SSSR count).